The highest BCUT2D eigenvalue weighted by molar-refractivity contribution is 6.34. The van der Waals surface area contributed by atoms with Crippen molar-refractivity contribution in [3.63, 3.8) is 0 Å². The van der Waals surface area contributed by atoms with Gasteiger partial charge in [-0.25, -0.2) is 4.39 Å². The summed E-state index contributed by atoms with van der Waals surface area (Å²) in [6.07, 6.45) is 0. The van der Waals surface area contributed by atoms with Gasteiger partial charge in [-0.3, -0.25) is 14.5 Å². The van der Waals surface area contributed by atoms with Crippen LogP contribution in [0, 0.1) is 5.82 Å². The van der Waals surface area contributed by atoms with Gasteiger partial charge in [0.25, 0.3) is 0 Å². The summed E-state index contributed by atoms with van der Waals surface area (Å²) in [6, 6.07) is 3.07. The largest absolute Gasteiger partial charge is 0.343 e. The lowest BCUT2D eigenvalue weighted by atomic mass is 10.2. The van der Waals surface area contributed by atoms with Crippen molar-refractivity contribution in [3.05, 3.63) is 29.0 Å². The van der Waals surface area contributed by atoms with Crippen molar-refractivity contribution in [2.75, 3.05) is 11.4 Å². The Hall–Kier alpha value is -1.62. The van der Waals surface area contributed by atoms with Crippen LogP contribution in [0.2, 0.25) is 5.02 Å². The number of rotatable bonds is 1. The molecule has 2 amide bonds. The van der Waals surface area contributed by atoms with Gasteiger partial charge >= 0.3 is 0 Å². The van der Waals surface area contributed by atoms with Gasteiger partial charge in [-0.05, 0) is 25.1 Å². The van der Waals surface area contributed by atoms with Gasteiger partial charge in [0.2, 0.25) is 11.8 Å². The third kappa shape index (κ3) is 2.24. The molecule has 6 heteroatoms. The molecule has 4 nitrogen and oxygen atoms in total. The smallest absolute Gasteiger partial charge is 0.249 e. The number of hydrogen-bond donors (Lipinski definition) is 1. The van der Waals surface area contributed by atoms with Crippen molar-refractivity contribution in [1.29, 1.82) is 0 Å². The number of benzene rings is 1. The zero-order valence-corrected chi connectivity index (χ0v) is 9.79. The highest BCUT2D eigenvalue weighted by Gasteiger charge is 2.31. The van der Waals surface area contributed by atoms with E-state index in [0.29, 0.717) is 0 Å². The van der Waals surface area contributed by atoms with Crippen molar-refractivity contribution >= 4 is 29.1 Å². The van der Waals surface area contributed by atoms with Crippen LogP contribution in [0.25, 0.3) is 0 Å². The minimum absolute atomic E-state index is 0.146. The predicted octanol–water partition coefficient (Wildman–Crippen LogP) is 1.33. The van der Waals surface area contributed by atoms with E-state index in [-0.39, 0.29) is 29.1 Å². The van der Waals surface area contributed by atoms with E-state index < -0.39 is 11.9 Å². The lowest BCUT2D eigenvalue weighted by molar-refractivity contribution is -0.130. The number of nitrogens with one attached hydrogen (secondary N) is 1. The van der Waals surface area contributed by atoms with Gasteiger partial charge in [0, 0.05) is 0 Å². The highest BCUT2D eigenvalue weighted by Crippen LogP contribution is 2.27. The van der Waals surface area contributed by atoms with E-state index in [0.717, 1.165) is 6.07 Å². The van der Waals surface area contributed by atoms with Gasteiger partial charge in [0.1, 0.15) is 18.4 Å². The monoisotopic (exact) mass is 256 g/mol. The SMILES string of the molecule is CC1NC(=O)CN(c2cc(F)ccc2Cl)C1=O. The molecule has 1 fully saturated rings. The molecule has 0 aromatic heterocycles. The number of carbonyl (C=O) groups excluding carboxylic acids is 2. The molecule has 90 valence electrons. The summed E-state index contributed by atoms with van der Waals surface area (Å²) in [5, 5.41) is 2.73. The maximum atomic E-state index is 13.1. The van der Waals surface area contributed by atoms with Crippen molar-refractivity contribution in [2.45, 2.75) is 13.0 Å². The van der Waals surface area contributed by atoms with Crippen LogP contribution >= 0.6 is 11.6 Å². The second kappa shape index (κ2) is 4.33. The summed E-state index contributed by atoms with van der Waals surface area (Å²) in [5.74, 6) is -1.11. The number of piperazine rings is 1. The van der Waals surface area contributed by atoms with Crippen molar-refractivity contribution < 1.29 is 14.0 Å². The third-order valence-electron chi connectivity index (χ3n) is 2.51. The number of halogens is 2. The molecule has 0 saturated carbocycles. The predicted molar refractivity (Wildman–Crippen MR) is 61.4 cm³/mol. The average molecular weight is 257 g/mol. The van der Waals surface area contributed by atoms with Gasteiger partial charge in [0.15, 0.2) is 0 Å². The van der Waals surface area contributed by atoms with Crippen LogP contribution in [0.5, 0.6) is 0 Å². The van der Waals surface area contributed by atoms with Gasteiger partial charge in [-0.2, -0.15) is 0 Å². The molecular weight excluding hydrogens is 247 g/mol. The number of nitrogens with zero attached hydrogens (tertiary/aromatic N) is 1. The van der Waals surface area contributed by atoms with E-state index in [4.69, 9.17) is 11.6 Å². The van der Waals surface area contributed by atoms with E-state index >= 15 is 0 Å². The van der Waals surface area contributed by atoms with Gasteiger partial charge in [-0.1, -0.05) is 11.6 Å². The van der Waals surface area contributed by atoms with E-state index in [1.165, 1.54) is 17.0 Å². The van der Waals surface area contributed by atoms with Crippen LogP contribution in [0.3, 0.4) is 0 Å². The van der Waals surface area contributed by atoms with Gasteiger partial charge in [0.05, 0.1) is 10.7 Å². The maximum absolute atomic E-state index is 13.1. The Balaban J connectivity index is 2.41. The first kappa shape index (κ1) is 11.9. The summed E-state index contributed by atoms with van der Waals surface area (Å²) in [4.78, 5) is 24.4. The van der Waals surface area contributed by atoms with Crippen LogP contribution in [0.1, 0.15) is 6.92 Å². The maximum Gasteiger partial charge on any atom is 0.249 e. The number of hydrogen-bond acceptors (Lipinski definition) is 2. The molecule has 1 heterocycles. The molecule has 1 aromatic carbocycles. The second-order valence-corrected chi connectivity index (χ2v) is 4.22. The Kier molecular flexibility index (Phi) is 3.02. The highest BCUT2D eigenvalue weighted by atomic mass is 35.5. The molecule has 0 aliphatic carbocycles. The molecule has 17 heavy (non-hydrogen) atoms. The second-order valence-electron chi connectivity index (χ2n) is 3.81. The number of amides is 2. The van der Waals surface area contributed by atoms with E-state index in [9.17, 15) is 14.0 Å². The van der Waals surface area contributed by atoms with Crippen molar-refractivity contribution in [2.24, 2.45) is 0 Å². The zero-order valence-electron chi connectivity index (χ0n) is 9.04. The summed E-state index contributed by atoms with van der Waals surface area (Å²) < 4.78 is 13.1. The molecule has 1 saturated heterocycles. The fourth-order valence-corrected chi connectivity index (χ4v) is 1.92. The fourth-order valence-electron chi connectivity index (χ4n) is 1.70. The lowest BCUT2D eigenvalue weighted by Gasteiger charge is -2.31. The van der Waals surface area contributed by atoms with Crippen molar-refractivity contribution in [3.8, 4) is 0 Å². The molecule has 2 rings (SSSR count). The lowest BCUT2D eigenvalue weighted by Crippen LogP contribution is -2.57. The normalized spacial score (nSPS) is 20.4. The Morgan fingerprint density at radius 2 is 2.18 bits per heavy atom. The van der Waals surface area contributed by atoms with Gasteiger partial charge in [-0.15, -0.1) is 0 Å². The Bertz CT molecular complexity index is 492. The minimum atomic E-state index is -0.629. The minimum Gasteiger partial charge on any atom is -0.343 e. The summed E-state index contributed by atoms with van der Waals surface area (Å²) >= 11 is 5.90. The van der Waals surface area contributed by atoms with Crippen LogP contribution in [0.15, 0.2) is 18.2 Å². The molecular formula is C11H10ClFN2O2. The quantitative estimate of drug-likeness (QED) is 0.824. The molecule has 1 aliphatic rings. The summed E-state index contributed by atoms with van der Waals surface area (Å²) in [7, 11) is 0. The Morgan fingerprint density at radius 3 is 2.88 bits per heavy atom. The van der Waals surface area contributed by atoms with Crippen LogP contribution < -0.4 is 10.2 Å². The summed E-state index contributed by atoms with van der Waals surface area (Å²) in [5.41, 5.74) is 0.221. The first-order valence-electron chi connectivity index (χ1n) is 5.05. The van der Waals surface area contributed by atoms with E-state index in [1.807, 2.05) is 0 Å². The first-order chi connectivity index (χ1) is 7.99. The molecule has 0 bridgehead atoms. The summed E-state index contributed by atoms with van der Waals surface area (Å²) in [6.45, 7) is 1.42. The van der Waals surface area contributed by atoms with Crippen molar-refractivity contribution in [1.82, 2.24) is 5.32 Å². The molecule has 1 aromatic rings. The van der Waals surface area contributed by atoms with Crippen LogP contribution in [-0.2, 0) is 9.59 Å². The topological polar surface area (TPSA) is 49.4 Å². The molecule has 0 radical (unpaired) electrons. The Labute approximate surface area is 102 Å². The van der Waals surface area contributed by atoms with E-state index in [2.05, 4.69) is 5.32 Å². The van der Waals surface area contributed by atoms with Crippen LogP contribution in [-0.4, -0.2) is 24.4 Å². The van der Waals surface area contributed by atoms with Gasteiger partial charge < -0.3 is 5.32 Å². The molecule has 1 N–H and O–H groups in total. The average Bonchev–Trinajstić information content (AvgIpc) is 2.27. The zero-order chi connectivity index (χ0) is 12.6. The third-order valence-corrected chi connectivity index (χ3v) is 2.83. The molecule has 1 unspecified atom stereocenters. The molecule has 1 atom stereocenters. The Morgan fingerprint density at radius 1 is 1.47 bits per heavy atom. The molecule has 0 spiro atoms. The van der Waals surface area contributed by atoms with Crippen LogP contribution in [0.4, 0.5) is 10.1 Å². The molecule has 1 aliphatic heterocycles. The fraction of sp³-hybridized carbons (Fsp3) is 0.273. The van der Waals surface area contributed by atoms with E-state index in [1.54, 1.807) is 6.92 Å². The number of anilines is 1. The first-order valence-corrected chi connectivity index (χ1v) is 5.42. The standard InChI is InChI=1S/C11H10ClFN2O2/c1-6-11(17)15(5-10(16)14-6)9-4-7(13)2-3-8(9)12/h2-4,6H,5H2,1H3,(H,14,16). The number of carbonyl (C=O) groups is 2.